The molecule has 4 nitrogen and oxygen atoms in total. The van der Waals surface area contributed by atoms with Gasteiger partial charge in [0.2, 0.25) is 0 Å². The summed E-state index contributed by atoms with van der Waals surface area (Å²) in [4.78, 5) is 2.44. The number of likely N-dealkylation sites (tertiary alicyclic amines) is 1. The van der Waals surface area contributed by atoms with Crippen molar-refractivity contribution in [3.8, 4) is 0 Å². The molecule has 0 saturated carbocycles. The Morgan fingerprint density at radius 1 is 1.42 bits per heavy atom. The van der Waals surface area contributed by atoms with Crippen molar-refractivity contribution >= 4 is 0 Å². The van der Waals surface area contributed by atoms with Gasteiger partial charge >= 0.3 is 0 Å². The largest absolute Gasteiger partial charge is 0.312 e. The minimum absolute atomic E-state index is 0.499. The molecule has 0 aromatic carbocycles. The average molecular weight is 264 g/mol. The Balaban J connectivity index is 1.82. The second kappa shape index (κ2) is 6.53. The van der Waals surface area contributed by atoms with Gasteiger partial charge in [0.25, 0.3) is 0 Å². The molecule has 1 aliphatic heterocycles. The van der Waals surface area contributed by atoms with Gasteiger partial charge < -0.3 is 10.2 Å². The first-order valence-corrected chi connectivity index (χ1v) is 7.48. The summed E-state index contributed by atoms with van der Waals surface area (Å²) in [6.07, 6.45) is 4.85. The van der Waals surface area contributed by atoms with Gasteiger partial charge in [0.15, 0.2) is 0 Å². The third-order valence-electron chi connectivity index (χ3n) is 3.95. The van der Waals surface area contributed by atoms with Crippen LogP contribution in [-0.4, -0.2) is 41.4 Å². The van der Waals surface area contributed by atoms with Crippen LogP contribution in [0, 0.1) is 5.92 Å². The van der Waals surface area contributed by atoms with E-state index in [1.165, 1.54) is 37.2 Å². The van der Waals surface area contributed by atoms with E-state index in [2.05, 4.69) is 42.4 Å². The molecule has 0 amide bonds. The standard InChI is InChI=1S/C15H28N4/c1-12(2)15-14(11-19(4)17-15)9-16-8-13-6-5-7-18(3)10-13/h11-13,16H,5-10H2,1-4H3. The van der Waals surface area contributed by atoms with Gasteiger partial charge in [-0.05, 0) is 44.8 Å². The van der Waals surface area contributed by atoms with Crippen molar-refractivity contribution in [1.29, 1.82) is 0 Å². The van der Waals surface area contributed by atoms with E-state index < -0.39 is 0 Å². The van der Waals surface area contributed by atoms with Crippen LogP contribution in [0.5, 0.6) is 0 Å². The fourth-order valence-corrected chi connectivity index (χ4v) is 3.03. The normalized spacial score (nSPS) is 21.2. The monoisotopic (exact) mass is 264 g/mol. The number of aryl methyl sites for hydroxylation is 1. The summed E-state index contributed by atoms with van der Waals surface area (Å²) < 4.78 is 1.93. The molecule has 2 heterocycles. The molecule has 0 bridgehead atoms. The van der Waals surface area contributed by atoms with E-state index in [0.29, 0.717) is 5.92 Å². The summed E-state index contributed by atoms with van der Waals surface area (Å²) in [5.41, 5.74) is 2.58. The van der Waals surface area contributed by atoms with Crippen molar-refractivity contribution in [1.82, 2.24) is 20.0 Å². The van der Waals surface area contributed by atoms with Crippen LogP contribution in [0.1, 0.15) is 43.9 Å². The van der Waals surface area contributed by atoms with Gasteiger partial charge in [0.05, 0.1) is 5.69 Å². The summed E-state index contributed by atoms with van der Waals surface area (Å²) >= 11 is 0. The first-order chi connectivity index (χ1) is 9.06. The molecule has 1 aliphatic rings. The Morgan fingerprint density at radius 2 is 2.21 bits per heavy atom. The maximum Gasteiger partial charge on any atom is 0.0694 e. The van der Waals surface area contributed by atoms with Crippen LogP contribution in [-0.2, 0) is 13.6 Å². The van der Waals surface area contributed by atoms with Crippen LogP contribution in [0.4, 0.5) is 0 Å². The Labute approximate surface area is 117 Å². The number of rotatable bonds is 5. The third kappa shape index (κ3) is 4.05. The van der Waals surface area contributed by atoms with Gasteiger partial charge in [-0.1, -0.05) is 13.8 Å². The number of nitrogens with one attached hydrogen (secondary N) is 1. The number of hydrogen-bond donors (Lipinski definition) is 1. The van der Waals surface area contributed by atoms with Crippen LogP contribution in [0.15, 0.2) is 6.20 Å². The van der Waals surface area contributed by atoms with Crippen molar-refractivity contribution in [2.45, 2.75) is 39.2 Å². The Kier molecular flexibility index (Phi) is 4.99. The van der Waals surface area contributed by atoms with Crippen LogP contribution < -0.4 is 5.32 Å². The SMILES string of the molecule is CC(C)c1nn(C)cc1CNCC1CCCN(C)C1. The first kappa shape index (κ1) is 14.5. The maximum absolute atomic E-state index is 4.56. The Morgan fingerprint density at radius 3 is 2.89 bits per heavy atom. The molecule has 1 aromatic rings. The molecular weight excluding hydrogens is 236 g/mol. The van der Waals surface area contributed by atoms with Crippen LogP contribution >= 0.6 is 0 Å². The molecular formula is C15H28N4. The highest BCUT2D eigenvalue weighted by atomic mass is 15.3. The first-order valence-electron chi connectivity index (χ1n) is 7.48. The number of hydrogen-bond acceptors (Lipinski definition) is 3. The van der Waals surface area contributed by atoms with E-state index in [1.807, 2.05) is 11.7 Å². The highest BCUT2D eigenvalue weighted by Gasteiger charge is 2.17. The maximum atomic E-state index is 4.56. The zero-order chi connectivity index (χ0) is 13.8. The van der Waals surface area contributed by atoms with Gasteiger partial charge in [0, 0.05) is 31.9 Å². The van der Waals surface area contributed by atoms with Crippen molar-refractivity contribution in [2.24, 2.45) is 13.0 Å². The fourth-order valence-electron chi connectivity index (χ4n) is 3.03. The van der Waals surface area contributed by atoms with E-state index in [-0.39, 0.29) is 0 Å². The quantitative estimate of drug-likeness (QED) is 0.883. The molecule has 108 valence electrons. The predicted octanol–water partition coefficient (Wildman–Crippen LogP) is 1.97. The number of nitrogens with zero attached hydrogens (tertiary/aromatic N) is 3. The zero-order valence-corrected chi connectivity index (χ0v) is 12.8. The zero-order valence-electron chi connectivity index (χ0n) is 12.8. The summed E-state index contributed by atoms with van der Waals surface area (Å²) in [6, 6.07) is 0. The summed E-state index contributed by atoms with van der Waals surface area (Å²) in [5, 5.41) is 8.18. The number of piperidine rings is 1. The molecule has 1 saturated heterocycles. The summed E-state index contributed by atoms with van der Waals surface area (Å²) in [5.74, 6) is 1.30. The molecule has 1 atom stereocenters. The Bertz CT molecular complexity index is 397. The second-order valence-corrected chi connectivity index (χ2v) is 6.27. The third-order valence-corrected chi connectivity index (χ3v) is 3.95. The minimum atomic E-state index is 0.499. The highest BCUT2D eigenvalue weighted by molar-refractivity contribution is 5.19. The predicted molar refractivity (Wildman–Crippen MR) is 79.2 cm³/mol. The molecule has 0 spiro atoms. The molecule has 4 heteroatoms. The lowest BCUT2D eigenvalue weighted by molar-refractivity contribution is 0.206. The topological polar surface area (TPSA) is 33.1 Å². The van der Waals surface area contributed by atoms with E-state index in [1.54, 1.807) is 0 Å². The molecule has 2 rings (SSSR count). The van der Waals surface area contributed by atoms with Crippen molar-refractivity contribution in [2.75, 3.05) is 26.7 Å². The second-order valence-electron chi connectivity index (χ2n) is 6.27. The molecule has 1 aromatic heterocycles. The van der Waals surface area contributed by atoms with E-state index >= 15 is 0 Å². The number of aromatic nitrogens is 2. The lowest BCUT2D eigenvalue weighted by Crippen LogP contribution is -2.37. The van der Waals surface area contributed by atoms with Crippen LogP contribution in [0.3, 0.4) is 0 Å². The molecule has 0 aliphatic carbocycles. The van der Waals surface area contributed by atoms with E-state index in [0.717, 1.165) is 19.0 Å². The Hall–Kier alpha value is -0.870. The average Bonchev–Trinajstić information content (AvgIpc) is 2.71. The van der Waals surface area contributed by atoms with Gasteiger partial charge in [0.1, 0.15) is 0 Å². The van der Waals surface area contributed by atoms with Gasteiger partial charge in [-0.15, -0.1) is 0 Å². The van der Waals surface area contributed by atoms with Gasteiger partial charge in [-0.25, -0.2) is 0 Å². The molecule has 0 radical (unpaired) electrons. The smallest absolute Gasteiger partial charge is 0.0694 e. The van der Waals surface area contributed by atoms with Crippen molar-refractivity contribution < 1.29 is 0 Å². The minimum Gasteiger partial charge on any atom is -0.312 e. The van der Waals surface area contributed by atoms with Gasteiger partial charge in [-0.2, -0.15) is 5.10 Å². The van der Waals surface area contributed by atoms with E-state index in [4.69, 9.17) is 0 Å². The lowest BCUT2D eigenvalue weighted by Gasteiger charge is -2.29. The fraction of sp³-hybridized carbons (Fsp3) is 0.800. The van der Waals surface area contributed by atoms with E-state index in [9.17, 15) is 0 Å². The van der Waals surface area contributed by atoms with Crippen molar-refractivity contribution in [3.63, 3.8) is 0 Å². The summed E-state index contributed by atoms with van der Waals surface area (Å²) in [6.45, 7) is 8.98. The molecule has 19 heavy (non-hydrogen) atoms. The van der Waals surface area contributed by atoms with Crippen LogP contribution in [0.25, 0.3) is 0 Å². The van der Waals surface area contributed by atoms with Gasteiger partial charge in [-0.3, -0.25) is 4.68 Å². The van der Waals surface area contributed by atoms with Crippen LogP contribution in [0.2, 0.25) is 0 Å². The van der Waals surface area contributed by atoms with Crippen molar-refractivity contribution in [3.05, 3.63) is 17.5 Å². The molecule has 1 N–H and O–H groups in total. The summed E-state index contributed by atoms with van der Waals surface area (Å²) in [7, 11) is 4.23. The molecule has 1 unspecified atom stereocenters. The molecule has 1 fully saturated rings. The lowest BCUT2D eigenvalue weighted by atomic mass is 9.98. The highest BCUT2D eigenvalue weighted by Crippen LogP contribution is 2.18.